The molecule has 0 spiro atoms. The first kappa shape index (κ1) is 17.3. The van der Waals surface area contributed by atoms with Crippen LogP contribution in [0, 0.1) is 0 Å². The largest absolute Gasteiger partial charge is 0.493 e. The molecule has 23 heavy (non-hydrogen) atoms. The minimum absolute atomic E-state index is 0.0345. The Morgan fingerprint density at radius 2 is 2.30 bits per heavy atom. The standard InChI is InChI=1S/C18H25NO4/c1-5-22-16-10-15-8-13(3)23-17(15)9-14(16)6-7-18(20)19-12(2)11-21-4/h6-7,9-10,12-13H,5,8,11H2,1-4H3,(H,19,20)/b7-6+. The molecule has 5 heteroatoms. The molecular weight excluding hydrogens is 294 g/mol. The molecule has 1 amide bonds. The number of amides is 1. The zero-order chi connectivity index (χ0) is 16.8. The van der Waals surface area contributed by atoms with E-state index in [0.29, 0.717) is 13.2 Å². The lowest BCUT2D eigenvalue weighted by atomic mass is 10.1. The lowest BCUT2D eigenvalue weighted by molar-refractivity contribution is -0.117. The summed E-state index contributed by atoms with van der Waals surface area (Å²) in [4.78, 5) is 11.9. The van der Waals surface area contributed by atoms with Crippen LogP contribution in [0.5, 0.6) is 11.5 Å². The van der Waals surface area contributed by atoms with E-state index in [4.69, 9.17) is 14.2 Å². The maximum absolute atomic E-state index is 11.9. The molecule has 1 heterocycles. The number of rotatable bonds is 7. The Labute approximate surface area is 137 Å². The Hall–Kier alpha value is -2.01. The van der Waals surface area contributed by atoms with Crippen molar-refractivity contribution in [2.75, 3.05) is 20.3 Å². The normalized spacial score (nSPS) is 17.7. The molecular formula is C18H25NO4. The fraction of sp³-hybridized carbons (Fsp3) is 0.500. The summed E-state index contributed by atoms with van der Waals surface area (Å²) in [7, 11) is 1.61. The van der Waals surface area contributed by atoms with Crippen LogP contribution in [-0.4, -0.2) is 38.4 Å². The first-order valence-corrected chi connectivity index (χ1v) is 7.97. The smallest absolute Gasteiger partial charge is 0.244 e. The van der Waals surface area contributed by atoms with Gasteiger partial charge in [-0.25, -0.2) is 0 Å². The van der Waals surface area contributed by atoms with E-state index in [2.05, 4.69) is 5.32 Å². The zero-order valence-electron chi connectivity index (χ0n) is 14.2. The maximum atomic E-state index is 11.9. The monoisotopic (exact) mass is 319 g/mol. The van der Waals surface area contributed by atoms with Gasteiger partial charge in [-0.05, 0) is 39.0 Å². The molecule has 1 aromatic rings. The summed E-state index contributed by atoms with van der Waals surface area (Å²) in [6.45, 7) is 6.94. The van der Waals surface area contributed by atoms with Crippen LogP contribution in [0.1, 0.15) is 31.9 Å². The van der Waals surface area contributed by atoms with Crippen molar-refractivity contribution in [3.05, 3.63) is 29.3 Å². The Bertz CT molecular complexity index is 583. The Kier molecular flexibility index (Phi) is 6.04. The van der Waals surface area contributed by atoms with E-state index in [1.54, 1.807) is 13.2 Å². The summed E-state index contributed by atoms with van der Waals surface area (Å²) >= 11 is 0. The number of hydrogen-bond acceptors (Lipinski definition) is 4. The third-order valence-electron chi connectivity index (χ3n) is 3.55. The molecule has 2 atom stereocenters. The van der Waals surface area contributed by atoms with Gasteiger partial charge in [-0.15, -0.1) is 0 Å². The van der Waals surface area contributed by atoms with Gasteiger partial charge in [0.05, 0.1) is 13.2 Å². The van der Waals surface area contributed by atoms with Gasteiger partial charge in [-0.1, -0.05) is 0 Å². The summed E-state index contributed by atoms with van der Waals surface area (Å²) < 4.78 is 16.5. The summed E-state index contributed by atoms with van der Waals surface area (Å²) in [6.07, 6.45) is 4.33. The first-order valence-electron chi connectivity index (χ1n) is 7.97. The van der Waals surface area contributed by atoms with Crippen LogP contribution < -0.4 is 14.8 Å². The fourth-order valence-corrected chi connectivity index (χ4v) is 2.61. The molecule has 5 nitrogen and oxygen atoms in total. The molecule has 0 bridgehead atoms. The van der Waals surface area contributed by atoms with Crippen LogP contribution in [0.4, 0.5) is 0 Å². The van der Waals surface area contributed by atoms with E-state index >= 15 is 0 Å². The predicted molar refractivity (Wildman–Crippen MR) is 89.9 cm³/mol. The van der Waals surface area contributed by atoms with Crippen molar-refractivity contribution in [2.45, 2.75) is 39.3 Å². The second-order valence-corrected chi connectivity index (χ2v) is 5.76. The molecule has 1 aliphatic rings. The van der Waals surface area contributed by atoms with Crippen molar-refractivity contribution in [3.63, 3.8) is 0 Å². The van der Waals surface area contributed by atoms with Gasteiger partial charge in [-0.3, -0.25) is 4.79 Å². The molecule has 0 aromatic heterocycles. The summed E-state index contributed by atoms with van der Waals surface area (Å²) in [6, 6.07) is 3.91. The summed E-state index contributed by atoms with van der Waals surface area (Å²) in [5.74, 6) is 1.48. The lowest BCUT2D eigenvalue weighted by Crippen LogP contribution is -2.34. The van der Waals surface area contributed by atoms with E-state index < -0.39 is 0 Å². The van der Waals surface area contributed by atoms with Crippen LogP contribution in [0.25, 0.3) is 6.08 Å². The van der Waals surface area contributed by atoms with E-state index in [0.717, 1.165) is 29.0 Å². The highest BCUT2D eigenvalue weighted by Gasteiger charge is 2.21. The summed E-state index contributed by atoms with van der Waals surface area (Å²) in [5, 5.41) is 2.84. The topological polar surface area (TPSA) is 56.8 Å². The Balaban J connectivity index is 2.13. The van der Waals surface area contributed by atoms with E-state index in [-0.39, 0.29) is 18.1 Å². The molecule has 0 saturated heterocycles. The molecule has 0 fully saturated rings. The van der Waals surface area contributed by atoms with Crippen molar-refractivity contribution in [3.8, 4) is 11.5 Å². The highest BCUT2D eigenvalue weighted by atomic mass is 16.5. The number of methoxy groups -OCH3 is 1. The second-order valence-electron chi connectivity index (χ2n) is 5.76. The molecule has 0 radical (unpaired) electrons. The Morgan fingerprint density at radius 1 is 1.52 bits per heavy atom. The van der Waals surface area contributed by atoms with Gasteiger partial charge in [0.2, 0.25) is 5.91 Å². The van der Waals surface area contributed by atoms with Crippen molar-refractivity contribution in [2.24, 2.45) is 0 Å². The third kappa shape index (κ3) is 4.73. The quantitative estimate of drug-likeness (QED) is 0.785. The molecule has 126 valence electrons. The number of ether oxygens (including phenoxy) is 3. The highest BCUT2D eigenvalue weighted by Crippen LogP contribution is 2.35. The minimum atomic E-state index is -0.160. The third-order valence-corrected chi connectivity index (χ3v) is 3.55. The lowest BCUT2D eigenvalue weighted by Gasteiger charge is -2.11. The molecule has 1 N–H and O–H groups in total. The van der Waals surface area contributed by atoms with Gasteiger partial charge in [0.15, 0.2) is 0 Å². The average Bonchev–Trinajstić information content (AvgIpc) is 2.84. The van der Waals surface area contributed by atoms with E-state index in [1.807, 2.05) is 32.9 Å². The van der Waals surface area contributed by atoms with Crippen LogP contribution in [-0.2, 0) is 16.0 Å². The summed E-state index contributed by atoms with van der Waals surface area (Å²) in [5.41, 5.74) is 1.99. The second kappa shape index (κ2) is 8.02. The van der Waals surface area contributed by atoms with Gasteiger partial charge in [0.25, 0.3) is 0 Å². The van der Waals surface area contributed by atoms with Crippen LogP contribution in [0.15, 0.2) is 18.2 Å². The average molecular weight is 319 g/mol. The van der Waals surface area contributed by atoms with Crippen molar-refractivity contribution in [1.29, 1.82) is 0 Å². The fourth-order valence-electron chi connectivity index (χ4n) is 2.61. The van der Waals surface area contributed by atoms with Crippen LogP contribution >= 0.6 is 0 Å². The van der Waals surface area contributed by atoms with Gasteiger partial charge in [0.1, 0.15) is 17.6 Å². The van der Waals surface area contributed by atoms with E-state index in [1.165, 1.54) is 6.08 Å². The van der Waals surface area contributed by atoms with Crippen molar-refractivity contribution < 1.29 is 19.0 Å². The predicted octanol–water partition coefficient (Wildman–Crippen LogP) is 2.57. The molecule has 1 aromatic carbocycles. The van der Waals surface area contributed by atoms with Crippen molar-refractivity contribution in [1.82, 2.24) is 5.32 Å². The van der Waals surface area contributed by atoms with Gasteiger partial charge < -0.3 is 19.5 Å². The Morgan fingerprint density at radius 3 is 3.00 bits per heavy atom. The maximum Gasteiger partial charge on any atom is 0.244 e. The van der Waals surface area contributed by atoms with E-state index in [9.17, 15) is 4.79 Å². The number of fused-ring (bicyclic) bond motifs is 1. The highest BCUT2D eigenvalue weighted by molar-refractivity contribution is 5.92. The van der Waals surface area contributed by atoms with Crippen LogP contribution in [0.2, 0.25) is 0 Å². The number of carbonyl (C=O) groups excluding carboxylic acids is 1. The zero-order valence-corrected chi connectivity index (χ0v) is 14.2. The molecule has 0 aliphatic carbocycles. The van der Waals surface area contributed by atoms with Crippen molar-refractivity contribution >= 4 is 12.0 Å². The van der Waals surface area contributed by atoms with Gasteiger partial charge >= 0.3 is 0 Å². The van der Waals surface area contributed by atoms with Gasteiger partial charge in [0, 0.05) is 36.8 Å². The minimum Gasteiger partial charge on any atom is -0.493 e. The first-order chi connectivity index (χ1) is 11.0. The number of carbonyl (C=O) groups is 1. The SMILES string of the molecule is CCOc1cc2c(cc1/C=C/C(=O)NC(C)COC)OC(C)C2. The number of hydrogen-bond donors (Lipinski definition) is 1. The molecule has 0 saturated carbocycles. The number of benzene rings is 1. The molecule has 2 rings (SSSR count). The molecule has 1 aliphatic heterocycles. The van der Waals surface area contributed by atoms with Crippen LogP contribution in [0.3, 0.4) is 0 Å². The molecule has 2 unspecified atom stereocenters. The van der Waals surface area contributed by atoms with Gasteiger partial charge in [-0.2, -0.15) is 0 Å². The number of nitrogens with one attached hydrogen (secondary N) is 1.